The van der Waals surface area contributed by atoms with Crippen molar-refractivity contribution in [2.45, 2.75) is 45.3 Å². The summed E-state index contributed by atoms with van der Waals surface area (Å²) < 4.78 is 39.4. The first-order valence-corrected chi connectivity index (χ1v) is 9.01. The van der Waals surface area contributed by atoms with E-state index in [1.165, 1.54) is 11.5 Å². The number of nitrogens with zero attached hydrogens (tertiary/aromatic N) is 5. The van der Waals surface area contributed by atoms with E-state index in [4.69, 9.17) is 14.3 Å². The van der Waals surface area contributed by atoms with Crippen molar-refractivity contribution in [1.82, 2.24) is 25.2 Å². The topological polar surface area (TPSA) is 107 Å². The molecule has 2 aromatic rings. The molecule has 3 rings (SSSR count). The van der Waals surface area contributed by atoms with Crippen LogP contribution in [0, 0.1) is 6.92 Å². The summed E-state index contributed by atoms with van der Waals surface area (Å²) in [5.41, 5.74) is 1.67. The summed E-state index contributed by atoms with van der Waals surface area (Å²) in [7, 11) is 0. The number of alkyl halides is 3. The molecule has 144 valence electrons. The second kappa shape index (κ2) is 8.52. The van der Waals surface area contributed by atoms with Crippen LogP contribution in [-0.2, 0) is 11.3 Å². The highest BCUT2D eigenvalue weighted by Crippen LogP contribution is 2.32. The summed E-state index contributed by atoms with van der Waals surface area (Å²) in [5.74, 6) is 1.31. The molecule has 26 heavy (non-hydrogen) atoms. The van der Waals surface area contributed by atoms with Gasteiger partial charge in [-0.05, 0) is 38.2 Å². The minimum absolute atomic E-state index is 0.411. The minimum Gasteiger partial charge on any atom is -0.475 e. The Morgan fingerprint density at radius 3 is 2.46 bits per heavy atom. The van der Waals surface area contributed by atoms with E-state index < -0.39 is 12.1 Å². The number of carbonyl (C=O) groups is 1. The zero-order valence-corrected chi connectivity index (χ0v) is 15.0. The van der Waals surface area contributed by atoms with Crippen LogP contribution in [0.15, 0.2) is 4.42 Å². The maximum Gasteiger partial charge on any atom is 0.490 e. The van der Waals surface area contributed by atoms with Gasteiger partial charge in [0.25, 0.3) is 5.89 Å². The van der Waals surface area contributed by atoms with Crippen LogP contribution in [-0.4, -0.2) is 53.9 Å². The predicted molar refractivity (Wildman–Crippen MR) is 86.7 cm³/mol. The van der Waals surface area contributed by atoms with E-state index in [2.05, 4.69) is 20.5 Å². The first-order chi connectivity index (χ1) is 12.2. The molecule has 0 aromatic carbocycles. The Morgan fingerprint density at radius 1 is 1.31 bits per heavy atom. The van der Waals surface area contributed by atoms with Crippen LogP contribution in [0.5, 0.6) is 0 Å². The number of aliphatic carboxylic acids is 1. The van der Waals surface area contributed by atoms with Gasteiger partial charge in [-0.1, -0.05) is 5.21 Å². The molecule has 3 heterocycles. The summed E-state index contributed by atoms with van der Waals surface area (Å²) in [5, 5.41) is 23.7. The van der Waals surface area contributed by atoms with E-state index in [0.717, 1.165) is 36.7 Å². The summed E-state index contributed by atoms with van der Waals surface area (Å²) in [6.45, 7) is 4.68. The zero-order valence-electron chi connectivity index (χ0n) is 14.2. The highest BCUT2D eigenvalue weighted by Gasteiger charge is 2.38. The summed E-state index contributed by atoms with van der Waals surface area (Å²) in [6.07, 6.45) is -2.84. The molecule has 0 spiro atoms. The van der Waals surface area contributed by atoms with Gasteiger partial charge < -0.3 is 9.52 Å². The lowest BCUT2D eigenvalue weighted by Gasteiger charge is -2.17. The second-order valence-corrected chi connectivity index (χ2v) is 6.70. The van der Waals surface area contributed by atoms with Crippen molar-refractivity contribution in [3.63, 3.8) is 0 Å². The van der Waals surface area contributed by atoms with Gasteiger partial charge in [0, 0.05) is 12.5 Å². The van der Waals surface area contributed by atoms with Gasteiger partial charge in [0.05, 0.1) is 5.69 Å². The van der Waals surface area contributed by atoms with Crippen LogP contribution in [0.4, 0.5) is 13.2 Å². The Balaban J connectivity index is 0.000000298. The largest absolute Gasteiger partial charge is 0.490 e. The van der Waals surface area contributed by atoms with Crippen molar-refractivity contribution in [3.8, 4) is 11.6 Å². The molecule has 1 aliphatic rings. The summed E-state index contributed by atoms with van der Waals surface area (Å²) >= 11 is 1.99. The highest BCUT2D eigenvalue weighted by atomic mass is 32.2. The van der Waals surface area contributed by atoms with Crippen LogP contribution >= 0.6 is 11.8 Å². The van der Waals surface area contributed by atoms with Crippen molar-refractivity contribution >= 4 is 17.7 Å². The van der Waals surface area contributed by atoms with Crippen LogP contribution in [0.2, 0.25) is 0 Å². The number of carboxylic acid groups (broad SMARTS) is 1. The highest BCUT2D eigenvalue weighted by molar-refractivity contribution is 7.99. The van der Waals surface area contributed by atoms with Gasteiger partial charge in [0.1, 0.15) is 5.69 Å². The minimum atomic E-state index is -5.08. The third kappa shape index (κ3) is 4.96. The quantitative estimate of drug-likeness (QED) is 0.848. The summed E-state index contributed by atoms with van der Waals surface area (Å²) in [4.78, 5) is 8.90. The molecule has 1 N–H and O–H groups in total. The van der Waals surface area contributed by atoms with Gasteiger partial charge in [-0.15, -0.1) is 15.3 Å². The molecule has 1 fully saturated rings. The van der Waals surface area contributed by atoms with Crippen molar-refractivity contribution in [2.75, 3.05) is 11.5 Å². The molecule has 12 heteroatoms. The number of thioether (sulfide) groups is 1. The van der Waals surface area contributed by atoms with Gasteiger partial charge in [0.15, 0.2) is 0 Å². The Bertz CT molecular complexity index is 741. The van der Waals surface area contributed by atoms with E-state index in [1.807, 2.05) is 25.6 Å². The van der Waals surface area contributed by atoms with Crippen molar-refractivity contribution in [2.24, 2.45) is 0 Å². The monoisotopic (exact) mass is 393 g/mol. The molecule has 2 aromatic heterocycles. The Hall–Kier alpha value is -2.11. The Morgan fingerprint density at radius 2 is 1.92 bits per heavy atom. The average molecular weight is 393 g/mol. The van der Waals surface area contributed by atoms with Gasteiger partial charge >= 0.3 is 12.1 Å². The fourth-order valence-electron chi connectivity index (χ4n) is 2.33. The summed E-state index contributed by atoms with van der Waals surface area (Å²) in [6, 6.07) is 0. The van der Waals surface area contributed by atoms with Crippen molar-refractivity contribution in [1.29, 1.82) is 0 Å². The molecule has 0 radical (unpaired) electrons. The van der Waals surface area contributed by atoms with Crippen LogP contribution in [0.25, 0.3) is 11.6 Å². The normalized spacial score (nSPS) is 15.4. The van der Waals surface area contributed by atoms with Gasteiger partial charge in [-0.25, -0.2) is 9.48 Å². The van der Waals surface area contributed by atoms with Crippen LogP contribution in [0.3, 0.4) is 0 Å². The lowest BCUT2D eigenvalue weighted by molar-refractivity contribution is -0.192. The molecule has 1 aliphatic heterocycles. The van der Waals surface area contributed by atoms with E-state index in [0.29, 0.717) is 11.8 Å². The third-order valence-corrected chi connectivity index (χ3v) is 4.71. The van der Waals surface area contributed by atoms with Gasteiger partial charge in [-0.2, -0.15) is 24.9 Å². The molecular formula is C14H18F3N5O3S. The number of hydrogen-bond donors (Lipinski definition) is 1. The Kier molecular flexibility index (Phi) is 6.62. The maximum atomic E-state index is 10.6. The third-order valence-electron chi connectivity index (χ3n) is 3.66. The average Bonchev–Trinajstić information content (AvgIpc) is 3.21. The smallest absolute Gasteiger partial charge is 0.475 e. The number of rotatable bonds is 3. The molecular weight excluding hydrogens is 375 g/mol. The Labute approximate surface area is 151 Å². The molecule has 0 atom stereocenters. The SMILES string of the molecule is CCn1nnc(C)c1-c1nnc(C2CCSCC2)o1.O=C(O)C(F)(F)F. The fraction of sp³-hybridized carbons (Fsp3) is 0.643. The molecule has 0 amide bonds. The lowest BCUT2D eigenvalue weighted by atomic mass is 10.0. The lowest BCUT2D eigenvalue weighted by Crippen LogP contribution is -2.21. The number of hydrogen-bond acceptors (Lipinski definition) is 7. The van der Waals surface area contributed by atoms with E-state index >= 15 is 0 Å². The van der Waals surface area contributed by atoms with Crippen molar-refractivity contribution < 1.29 is 27.5 Å². The maximum absolute atomic E-state index is 10.6. The van der Waals surface area contributed by atoms with E-state index in [1.54, 1.807) is 4.68 Å². The molecule has 0 saturated carbocycles. The van der Waals surface area contributed by atoms with Crippen LogP contribution in [0.1, 0.15) is 37.3 Å². The standard InChI is InChI=1S/C12H17N5OS.C2HF3O2/c1-3-17-10(8(2)13-16-17)12-15-14-11(18-12)9-4-6-19-7-5-9;3-2(4,5)1(6)7/h9H,3-7H2,1-2H3;(H,6,7). The van der Waals surface area contributed by atoms with Crippen molar-refractivity contribution in [3.05, 3.63) is 11.6 Å². The molecule has 1 saturated heterocycles. The molecule has 0 unspecified atom stereocenters. The fourth-order valence-corrected chi connectivity index (χ4v) is 3.43. The molecule has 0 bridgehead atoms. The van der Waals surface area contributed by atoms with E-state index in [9.17, 15) is 13.2 Å². The van der Waals surface area contributed by atoms with Gasteiger partial charge in [-0.3, -0.25) is 0 Å². The van der Waals surface area contributed by atoms with Gasteiger partial charge in [0.2, 0.25) is 5.89 Å². The zero-order chi connectivity index (χ0) is 19.3. The number of carboxylic acids is 1. The first kappa shape index (κ1) is 20.2. The predicted octanol–water partition coefficient (Wildman–Crippen LogP) is 2.90. The van der Waals surface area contributed by atoms with E-state index in [-0.39, 0.29) is 0 Å². The number of halogens is 3. The second-order valence-electron chi connectivity index (χ2n) is 5.47. The number of aromatic nitrogens is 5. The molecule has 0 aliphatic carbocycles. The number of aryl methyl sites for hydroxylation is 2. The molecule has 8 nitrogen and oxygen atoms in total. The first-order valence-electron chi connectivity index (χ1n) is 7.85. The van der Waals surface area contributed by atoms with Crippen LogP contribution < -0.4 is 0 Å².